The molecule has 1 amide bonds. The molecule has 0 aliphatic rings. The summed E-state index contributed by atoms with van der Waals surface area (Å²) in [5, 5.41) is 23.5. The number of nitrogens with one attached hydrogen (secondary N) is 1. The number of amides is 1. The lowest BCUT2D eigenvalue weighted by Gasteiger charge is -2.24. The lowest BCUT2D eigenvalue weighted by Crippen LogP contribution is -2.50. The molecule has 0 aliphatic carbocycles. The summed E-state index contributed by atoms with van der Waals surface area (Å²) >= 11 is 0. The third-order valence-corrected chi connectivity index (χ3v) is 10.8. The molecule has 7 nitrogen and oxygen atoms in total. The molecule has 0 rings (SSSR count). The van der Waals surface area contributed by atoms with E-state index in [9.17, 15) is 28.0 Å². The minimum absolute atomic E-state index is 0.280. The molecule has 0 saturated carbocycles. The fourth-order valence-corrected chi connectivity index (χ4v) is 7.45. The highest BCUT2D eigenvalue weighted by atomic mass is 32.2. The number of aliphatic hydroxyl groups excluding tert-OH is 2. The monoisotopic (exact) mass is 742 g/mol. The number of hydrogen-bond donors (Lipinski definition) is 4. The van der Waals surface area contributed by atoms with Gasteiger partial charge in [0.1, 0.15) is 6.10 Å². The molecule has 0 heterocycles. The van der Waals surface area contributed by atoms with Gasteiger partial charge in [0.25, 0.3) is 10.1 Å². The van der Waals surface area contributed by atoms with Crippen molar-refractivity contribution in [2.45, 2.75) is 238 Å². The topological polar surface area (TPSA) is 124 Å². The van der Waals surface area contributed by atoms with E-state index in [1.165, 1.54) is 122 Å². The van der Waals surface area contributed by atoms with Gasteiger partial charge in [0.2, 0.25) is 5.91 Å². The summed E-state index contributed by atoms with van der Waals surface area (Å²) in [5.41, 5.74) is 0. The fourth-order valence-electron chi connectivity index (χ4n) is 6.69. The van der Waals surface area contributed by atoms with Crippen molar-refractivity contribution < 1.29 is 28.0 Å². The summed E-state index contributed by atoms with van der Waals surface area (Å²) in [6, 6.07) is -1.15. The van der Waals surface area contributed by atoms with E-state index in [1.54, 1.807) is 0 Å². The molecule has 0 radical (unpaired) electrons. The number of allylic oxidation sites excluding steroid dienone is 4. The smallest absolute Gasteiger partial charge is 0.266 e. The van der Waals surface area contributed by atoms with Crippen LogP contribution in [0.5, 0.6) is 0 Å². The maximum atomic E-state index is 12.6. The normalized spacial score (nSPS) is 14.1. The summed E-state index contributed by atoms with van der Waals surface area (Å²) < 4.78 is 32.6. The minimum atomic E-state index is -4.41. The van der Waals surface area contributed by atoms with Gasteiger partial charge in [0, 0.05) is 0 Å². The fraction of sp³-hybridized carbons (Fsp3) is 0.884. The first-order valence-corrected chi connectivity index (χ1v) is 23.3. The number of unbranched alkanes of at least 4 members (excludes halogenated alkanes) is 27. The molecule has 0 saturated heterocycles. The van der Waals surface area contributed by atoms with Crippen molar-refractivity contribution in [3.63, 3.8) is 0 Å². The van der Waals surface area contributed by atoms with Crippen LogP contribution in [0.1, 0.15) is 219 Å². The maximum Gasteiger partial charge on any atom is 0.266 e. The zero-order valence-electron chi connectivity index (χ0n) is 33.4. The van der Waals surface area contributed by atoms with Crippen molar-refractivity contribution >= 4 is 16.0 Å². The summed E-state index contributed by atoms with van der Waals surface area (Å²) in [6.45, 7) is 4.49. The molecule has 3 atom stereocenters. The van der Waals surface area contributed by atoms with Crippen LogP contribution < -0.4 is 5.32 Å². The molecular weight excluding hydrogens is 659 g/mol. The Balaban J connectivity index is 3.94. The van der Waals surface area contributed by atoms with Crippen LogP contribution in [0.15, 0.2) is 24.3 Å². The minimum Gasteiger partial charge on any atom is -0.391 e. The van der Waals surface area contributed by atoms with Crippen molar-refractivity contribution in [2.75, 3.05) is 5.75 Å². The van der Waals surface area contributed by atoms with E-state index in [4.69, 9.17) is 0 Å². The molecule has 0 aliphatic heterocycles. The number of carbonyl (C=O) groups is 1. The van der Waals surface area contributed by atoms with E-state index in [2.05, 4.69) is 43.5 Å². The van der Waals surface area contributed by atoms with Crippen LogP contribution >= 0.6 is 0 Å². The first-order chi connectivity index (χ1) is 24.7. The van der Waals surface area contributed by atoms with Crippen molar-refractivity contribution in [2.24, 2.45) is 0 Å². The van der Waals surface area contributed by atoms with E-state index < -0.39 is 40.0 Å². The molecule has 3 unspecified atom stereocenters. The zero-order valence-corrected chi connectivity index (χ0v) is 34.2. The third-order valence-electron chi connectivity index (χ3n) is 10.0. The number of carbonyl (C=O) groups excluding carboxylic acids is 1. The van der Waals surface area contributed by atoms with Gasteiger partial charge >= 0.3 is 0 Å². The van der Waals surface area contributed by atoms with Gasteiger partial charge < -0.3 is 15.5 Å². The third kappa shape index (κ3) is 36.9. The SMILES string of the molecule is CCCCC/C=C\C=C/CCCCCCCC(O)C(=O)NC(CS(=O)(=O)O)C(O)CCCCCCCCCCCCCCCCCCCCCC. The van der Waals surface area contributed by atoms with Crippen LogP contribution in [-0.2, 0) is 14.9 Å². The van der Waals surface area contributed by atoms with Crippen LogP contribution in [-0.4, -0.2) is 53.1 Å². The molecule has 302 valence electrons. The highest BCUT2D eigenvalue weighted by Gasteiger charge is 2.28. The Hall–Kier alpha value is -1.22. The van der Waals surface area contributed by atoms with Gasteiger partial charge in [-0.2, -0.15) is 8.42 Å². The summed E-state index contributed by atoms with van der Waals surface area (Å²) in [5.74, 6) is -1.46. The largest absolute Gasteiger partial charge is 0.391 e. The van der Waals surface area contributed by atoms with E-state index in [-0.39, 0.29) is 6.42 Å². The van der Waals surface area contributed by atoms with Crippen molar-refractivity contribution in [1.29, 1.82) is 0 Å². The highest BCUT2D eigenvalue weighted by molar-refractivity contribution is 7.85. The number of hydrogen-bond acceptors (Lipinski definition) is 5. The summed E-state index contributed by atoms with van der Waals surface area (Å²) in [6.07, 6.45) is 43.4. The van der Waals surface area contributed by atoms with Gasteiger partial charge in [-0.15, -0.1) is 0 Å². The van der Waals surface area contributed by atoms with Gasteiger partial charge in [0.15, 0.2) is 0 Å². The number of rotatable bonds is 39. The van der Waals surface area contributed by atoms with Gasteiger partial charge in [-0.3, -0.25) is 9.35 Å². The lowest BCUT2D eigenvalue weighted by atomic mass is 10.0. The first kappa shape index (κ1) is 49.8. The van der Waals surface area contributed by atoms with Gasteiger partial charge in [-0.05, 0) is 38.5 Å². The van der Waals surface area contributed by atoms with Crippen LogP contribution in [0.2, 0.25) is 0 Å². The van der Waals surface area contributed by atoms with Gasteiger partial charge in [-0.1, -0.05) is 205 Å². The standard InChI is InChI=1S/C43H83NO6S/c1-3-5-7-9-11-13-15-17-19-20-21-22-23-24-26-27-29-31-33-35-37-41(45)40(39-51(48,49)50)44-43(47)42(46)38-36-34-32-30-28-25-18-16-14-12-10-8-6-4-2/h12,14,16,18,40-42,45-46H,3-11,13,15,17,19-39H2,1-2H3,(H,44,47)(H,48,49,50)/b14-12-,18-16-. The molecule has 0 spiro atoms. The Morgan fingerprint density at radius 2 is 0.863 bits per heavy atom. The first-order valence-electron chi connectivity index (χ1n) is 21.6. The molecule has 4 N–H and O–H groups in total. The van der Waals surface area contributed by atoms with E-state index in [1.807, 2.05) is 0 Å². The van der Waals surface area contributed by atoms with Crippen LogP contribution in [0, 0.1) is 0 Å². The summed E-state index contributed by atoms with van der Waals surface area (Å²) in [4.78, 5) is 12.6. The molecule has 0 aromatic rings. The Labute approximate surface area is 316 Å². The van der Waals surface area contributed by atoms with E-state index in [0.29, 0.717) is 19.3 Å². The predicted molar refractivity (Wildman–Crippen MR) is 218 cm³/mol. The second-order valence-corrected chi connectivity index (χ2v) is 16.6. The van der Waals surface area contributed by atoms with Crippen molar-refractivity contribution in [3.05, 3.63) is 24.3 Å². The molecule has 0 bridgehead atoms. The maximum absolute atomic E-state index is 12.6. The predicted octanol–water partition coefficient (Wildman–Crippen LogP) is 11.7. The van der Waals surface area contributed by atoms with E-state index >= 15 is 0 Å². The molecular formula is C43H83NO6S. The Morgan fingerprint density at radius 3 is 1.27 bits per heavy atom. The highest BCUT2D eigenvalue weighted by Crippen LogP contribution is 2.17. The Bertz CT molecular complexity index is 921. The van der Waals surface area contributed by atoms with Gasteiger partial charge in [0.05, 0.1) is 17.9 Å². The molecule has 0 aromatic carbocycles. The molecule has 8 heteroatoms. The average molecular weight is 742 g/mol. The van der Waals surface area contributed by atoms with Crippen LogP contribution in [0.4, 0.5) is 0 Å². The summed E-state index contributed by atoms with van der Waals surface area (Å²) in [7, 11) is -4.41. The van der Waals surface area contributed by atoms with E-state index in [0.717, 1.165) is 57.8 Å². The number of aliphatic hydroxyl groups is 2. The lowest BCUT2D eigenvalue weighted by molar-refractivity contribution is -0.131. The van der Waals surface area contributed by atoms with Crippen LogP contribution in [0.25, 0.3) is 0 Å². The Morgan fingerprint density at radius 1 is 0.529 bits per heavy atom. The molecule has 0 aromatic heterocycles. The molecule has 51 heavy (non-hydrogen) atoms. The second-order valence-electron chi connectivity index (χ2n) is 15.2. The van der Waals surface area contributed by atoms with Crippen molar-refractivity contribution in [3.8, 4) is 0 Å². The second kappa shape index (κ2) is 37.1. The quantitative estimate of drug-likeness (QED) is 0.0282. The van der Waals surface area contributed by atoms with Crippen molar-refractivity contribution in [1.82, 2.24) is 5.32 Å². The zero-order chi connectivity index (χ0) is 37.7. The van der Waals surface area contributed by atoms with Gasteiger partial charge in [-0.25, -0.2) is 0 Å². The average Bonchev–Trinajstić information content (AvgIpc) is 3.09. The van der Waals surface area contributed by atoms with Crippen LogP contribution in [0.3, 0.4) is 0 Å². The molecule has 0 fully saturated rings. The Kier molecular flexibility index (Phi) is 36.2.